The van der Waals surface area contributed by atoms with Gasteiger partial charge >= 0.3 is 0 Å². The molecule has 0 aliphatic heterocycles. The van der Waals surface area contributed by atoms with Gasteiger partial charge in [0, 0.05) is 24.5 Å². The lowest BCUT2D eigenvalue weighted by Crippen LogP contribution is -2.31. The Kier molecular flexibility index (Phi) is 5.32. The molecule has 1 aromatic carbocycles. The second-order valence-corrected chi connectivity index (χ2v) is 5.62. The highest BCUT2D eigenvalue weighted by atomic mass is 16.2. The Balaban J connectivity index is 2.29. The van der Waals surface area contributed by atoms with Crippen LogP contribution in [0.1, 0.15) is 41.2 Å². The van der Waals surface area contributed by atoms with E-state index in [1.165, 1.54) is 11.1 Å². The summed E-state index contributed by atoms with van der Waals surface area (Å²) in [4.78, 5) is 23.0. The lowest BCUT2D eigenvalue weighted by Gasteiger charge is -2.18. The molecule has 0 fully saturated rings. The Bertz CT molecular complexity index is 708. The monoisotopic (exact) mass is 312 g/mol. The second kappa shape index (κ2) is 7.22. The SMILES string of the molecule is CCN(CC)C(=O)c1cc(C)nc(Nc2ccc(C)c(C)c2)n1. The molecule has 1 N–H and O–H groups in total. The smallest absolute Gasteiger partial charge is 0.272 e. The Morgan fingerprint density at radius 1 is 1.04 bits per heavy atom. The van der Waals surface area contributed by atoms with Crippen molar-refractivity contribution in [3.8, 4) is 0 Å². The fraction of sp³-hybridized carbons (Fsp3) is 0.389. The maximum absolute atomic E-state index is 12.5. The predicted molar refractivity (Wildman–Crippen MR) is 93.2 cm³/mol. The van der Waals surface area contributed by atoms with E-state index in [2.05, 4.69) is 35.2 Å². The molecular weight excluding hydrogens is 288 g/mol. The van der Waals surface area contributed by atoms with E-state index in [1.807, 2.05) is 32.9 Å². The molecule has 0 unspecified atom stereocenters. The van der Waals surface area contributed by atoms with Gasteiger partial charge in [-0.05, 0) is 63.9 Å². The topological polar surface area (TPSA) is 58.1 Å². The van der Waals surface area contributed by atoms with E-state index in [0.717, 1.165) is 11.4 Å². The van der Waals surface area contributed by atoms with E-state index in [4.69, 9.17) is 0 Å². The summed E-state index contributed by atoms with van der Waals surface area (Å²) in [5.41, 5.74) is 4.54. The zero-order valence-corrected chi connectivity index (χ0v) is 14.5. The zero-order valence-electron chi connectivity index (χ0n) is 14.5. The largest absolute Gasteiger partial charge is 0.338 e. The minimum atomic E-state index is -0.0661. The van der Waals surface area contributed by atoms with Crippen molar-refractivity contribution in [2.45, 2.75) is 34.6 Å². The van der Waals surface area contributed by atoms with Gasteiger partial charge in [-0.15, -0.1) is 0 Å². The van der Waals surface area contributed by atoms with Crippen LogP contribution in [0.15, 0.2) is 24.3 Å². The molecule has 0 saturated carbocycles. The summed E-state index contributed by atoms with van der Waals surface area (Å²) < 4.78 is 0. The van der Waals surface area contributed by atoms with Crippen LogP contribution in [0.2, 0.25) is 0 Å². The Labute approximate surface area is 137 Å². The number of amides is 1. The number of anilines is 2. The average molecular weight is 312 g/mol. The van der Waals surface area contributed by atoms with Crippen molar-refractivity contribution in [1.29, 1.82) is 0 Å². The van der Waals surface area contributed by atoms with Crippen molar-refractivity contribution in [2.24, 2.45) is 0 Å². The van der Waals surface area contributed by atoms with Gasteiger partial charge in [-0.25, -0.2) is 9.97 Å². The Morgan fingerprint density at radius 2 is 1.74 bits per heavy atom. The normalized spacial score (nSPS) is 10.5. The van der Waals surface area contributed by atoms with E-state index >= 15 is 0 Å². The van der Waals surface area contributed by atoms with Crippen LogP contribution in [0.5, 0.6) is 0 Å². The van der Waals surface area contributed by atoms with Crippen molar-refractivity contribution in [1.82, 2.24) is 14.9 Å². The third-order valence-electron chi connectivity index (χ3n) is 3.89. The van der Waals surface area contributed by atoms with Gasteiger partial charge in [0.2, 0.25) is 5.95 Å². The first-order valence-corrected chi connectivity index (χ1v) is 7.93. The van der Waals surface area contributed by atoms with Gasteiger partial charge in [0.05, 0.1) is 0 Å². The highest BCUT2D eigenvalue weighted by Gasteiger charge is 2.16. The molecule has 0 atom stereocenters. The number of nitrogens with zero attached hydrogens (tertiary/aromatic N) is 3. The van der Waals surface area contributed by atoms with Gasteiger partial charge in [0.25, 0.3) is 5.91 Å². The van der Waals surface area contributed by atoms with Gasteiger partial charge < -0.3 is 10.2 Å². The first-order chi connectivity index (χ1) is 10.9. The van der Waals surface area contributed by atoms with E-state index in [1.54, 1.807) is 11.0 Å². The van der Waals surface area contributed by atoms with E-state index in [0.29, 0.717) is 24.7 Å². The number of aryl methyl sites for hydroxylation is 3. The van der Waals surface area contributed by atoms with Crippen LogP contribution in [-0.2, 0) is 0 Å². The van der Waals surface area contributed by atoms with Crippen molar-refractivity contribution >= 4 is 17.5 Å². The van der Waals surface area contributed by atoms with Crippen molar-refractivity contribution < 1.29 is 4.79 Å². The fourth-order valence-corrected chi connectivity index (χ4v) is 2.36. The second-order valence-electron chi connectivity index (χ2n) is 5.62. The van der Waals surface area contributed by atoms with E-state index in [-0.39, 0.29) is 5.91 Å². The summed E-state index contributed by atoms with van der Waals surface area (Å²) in [6, 6.07) is 7.81. The summed E-state index contributed by atoms with van der Waals surface area (Å²) in [5.74, 6) is 0.382. The number of benzene rings is 1. The number of rotatable bonds is 5. The van der Waals surface area contributed by atoms with Crippen molar-refractivity contribution in [3.05, 3.63) is 46.8 Å². The number of hydrogen-bond acceptors (Lipinski definition) is 4. The third-order valence-corrected chi connectivity index (χ3v) is 3.89. The predicted octanol–water partition coefficient (Wildman–Crippen LogP) is 3.63. The minimum absolute atomic E-state index is 0.0661. The van der Waals surface area contributed by atoms with E-state index < -0.39 is 0 Å². The van der Waals surface area contributed by atoms with Gasteiger partial charge in [-0.3, -0.25) is 4.79 Å². The molecule has 1 heterocycles. The standard InChI is InChI=1S/C18H24N4O/c1-6-22(7-2)17(23)16-11-14(5)19-18(21-16)20-15-9-8-12(3)13(4)10-15/h8-11H,6-7H2,1-5H3,(H,19,20,21). The maximum Gasteiger partial charge on any atom is 0.272 e. The lowest BCUT2D eigenvalue weighted by molar-refractivity contribution is 0.0767. The van der Waals surface area contributed by atoms with Crippen LogP contribution in [0.3, 0.4) is 0 Å². The summed E-state index contributed by atoms with van der Waals surface area (Å²) >= 11 is 0. The highest BCUT2D eigenvalue weighted by molar-refractivity contribution is 5.92. The summed E-state index contributed by atoms with van der Waals surface area (Å²) in [6.07, 6.45) is 0. The highest BCUT2D eigenvalue weighted by Crippen LogP contribution is 2.18. The Hall–Kier alpha value is -2.43. The average Bonchev–Trinajstić information content (AvgIpc) is 2.51. The van der Waals surface area contributed by atoms with Crippen LogP contribution in [0.4, 0.5) is 11.6 Å². The van der Waals surface area contributed by atoms with Crippen LogP contribution >= 0.6 is 0 Å². The molecule has 0 radical (unpaired) electrons. The number of aromatic nitrogens is 2. The zero-order chi connectivity index (χ0) is 17.0. The van der Waals surface area contributed by atoms with Crippen LogP contribution < -0.4 is 5.32 Å². The van der Waals surface area contributed by atoms with Gasteiger partial charge in [0.1, 0.15) is 5.69 Å². The molecule has 5 heteroatoms. The molecule has 0 aliphatic rings. The Morgan fingerprint density at radius 3 is 2.35 bits per heavy atom. The maximum atomic E-state index is 12.5. The van der Waals surface area contributed by atoms with E-state index in [9.17, 15) is 4.79 Å². The molecule has 1 aromatic heterocycles. The van der Waals surface area contributed by atoms with Crippen LogP contribution in [-0.4, -0.2) is 33.9 Å². The van der Waals surface area contributed by atoms with Crippen LogP contribution in [0, 0.1) is 20.8 Å². The van der Waals surface area contributed by atoms with Crippen LogP contribution in [0.25, 0.3) is 0 Å². The van der Waals surface area contributed by atoms with Gasteiger partial charge in [-0.2, -0.15) is 0 Å². The fourth-order valence-electron chi connectivity index (χ4n) is 2.36. The molecule has 122 valence electrons. The third kappa shape index (κ3) is 4.06. The van der Waals surface area contributed by atoms with Crippen molar-refractivity contribution in [2.75, 3.05) is 18.4 Å². The number of carbonyl (C=O) groups is 1. The van der Waals surface area contributed by atoms with Crippen molar-refractivity contribution in [3.63, 3.8) is 0 Å². The number of hydrogen-bond donors (Lipinski definition) is 1. The molecule has 2 aromatic rings. The van der Waals surface area contributed by atoms with Gasteiger partial charge in [0.15, 0.2) is 0 Å². The molecule has 0 bridgehead atoms. The molecule has 0 spiro atoms. The first kappa shape index (κ1) is 16.9. The molecule has 5 nitrogen and oxygen atoms in total. The molecule has 1 amide bonds. The molecule has 23 heavy (non-hydrogen) atoms. The molecule has 0 aliphatic carbocycles. The summed E-state index contributed by atoms with van der Waals surface area (Å²) in [5, 5.41) is 3.19. The quantitative estimate of drug-likeness (QED) is 0.916. The molecule has 2 rings (SSSR count). The number of carbonyl (C=O) groups excluding carboxylic acids is 1. The molecular formula is C18H24N4O. The summed E-state index contributed by atoms with van der Waals surface area (Å²) in [7, 11) is 0. The minimum Gasteiger partial charge on any atom is -0.338 e. The summed E-state index contributed by atoms with van der Waals surface area (Å²) in [6.45, 7) is 11.3. The molecule has 0 saturated heterocycles. The number of nitrogens with one attached hydrogen (secondary N) is 1. The first-order valence-electron chi connectivity index (χ1n) is 7.93. The lowest BCUT2D eigenvalue weighted by atomic mass is 10.1. The van der Waals surface area contributed by atoms with Gasteiger partial charge in [-0.1, -0.05) is 6.07 Å².